The van der Waals surface area contributed by atoms with Crippen LogP contribution >= 0.6 is 0 Å². The van der Waals surface area contributed by atoms with Crippen LogP contribution in [0.25, 0.3) is 12.2 Å². The molecule has 8 nitrogen and oxygen atoms in total. The summed E-state index contributed by atoms with van der Waals surface area (Å²) in [6, 6.07) is 31.1. The fourth-order valence-electron chi connectivity index (χ4n) is 3.17. The quantitative estimate of drug-likeness (QED) is 0.211. The van der Waals surface area contributed by atoms with Crippen molar-refractivity contribution in [2.24, 2.45) is 10.2 Å². The van der Waals surface area contributed by atoms with Gasteiger partial charge in [0.1, 0.15) is 0 Å². The van der Waals surface area contributed by atoms with Gasteiger partial charge in [0, 0.05) is 11.4 Å². The van der Waals surface area contributed by atoms with Crippen molar-refractivity contribution >= 4 is 54.9 Å². The zero-order valence-electron chi connectivity index (χ0n) is 20.0. The van der Waals surface area contributed by atoms with E-state index in [1.165, 1.54) is 12.2 Å². The summed E-state index contributed by atoms with van der Waals surface area (Å²) in [4.78, 5) is 0. The molecule has 38 heavy (non-hydrogen) atoms. The Morgan fingerprint density at radius 3 is 1.16 bits per heavy atom. The highest BCUT2D eigenvalue weighted by atomic mass is 32.2. The molecule has 4 rings (SSSR count). The molecule has 0 radical (unpaired) electrons. The summed E-state index contributed by atoms with van der Waals surface area (Å²) in [5, 5.41) is 10.5. The van der Waals surface area contributed by atoms with E-state index >= 15 is 0 Å². The molecular weight excluding hydrogens is 520 g/mol. The lowest BCUT2D eigenvalue weighted by molar-refractivity contribution is 0.608. The van der Waals surface area contributed by atoms with Crippen molar-refractivity contribution in [3.63, 3.8) is 0 Å². The largest absolute Gasteiger partial charge is 0.280 e. The topological polar surface area (TPSA) is 117 Å². The van der Waals surface area contributed by atoms with E-state index in [-0.39, 0.29) is 0 Å². The van der Waals surface area contributed by atoms with Gasteiger partial charge in [-0.15, -0.1) is 0 Å². The van der Waals surface area contributed by atoms with E-state index < -0.39 is 20.0 Å². The molecule has 4 aromatic carbocycles. The number of benzene rings is 4. The van der Waals surface area contributed by atoms with Crippen molar-refractivity contribution in [2.75, 3.05) is 9.44 Å². The van der Waals surface area contributed by atoms with Gasteiger partial charge in [0.05, 0.1) is 22.2 Å². The van der Waals surface area contributed by atoms with E-state index in [4.69, 9.17) is 0 Å². The van der Waals surface area contributed by atoms with Crippen LogP contribution in [0, 0.1) is 0 Å². The Hall–Kier alpha value is -4.54. The highest BCUT2D eigenvalue weighted by Gasteiger charge is 2.07. The maximum absolute atomic E-state index is 12.3. The molecule has 2 N–H and O–H groups in total. The van der Waals surface area contributed by atoms with Gasteiger partial charge in [0.25, 0.3) is 20.0 Å². The minimum atomic E-state index is -3.67. The smallest absolute Gasteiger partial charge is 0.255 e. The maximum atomic E-state index is 12.3. The molecule has 0 atom stereocenters. The summed E-state index contributed by atoms with van der Waals surface area (Å²) < 4.78 is 54.2. The molecule has 0 fully saturated rings. The lowest BCUT2D eigenvalue weighted by Crippen LogP contribution is -2.08. The zero-order chi connectivity index (χ0) is 26.8. The van der Waals surface area contributed by atoms with Crippen LogP contribution in [0.4, 0.5) is 22.7 Å². The number of nitrogens with one attached hydrogen (secondary N) is 2. The van der Waals surface area contributed by atoms with Gasteiger partial charge in [-0.2, -0.15) is 10.2 Å². The van der Waals surface area contributed by atoms with Crippen molar-refractivity contribution in [1.29, 1.82) is 0 Å². The van der Waals surface area contributed by atoms with Gasteiger partial charge in [-0.1, -0.05) is 60.7 Å². The summed E-state index contributed by atoms with van der Waals surface area (Å²) in [5.74, 6) is 0. The summed E-state index contributed by atoms with van der Waals surface area (Å²) in [7, 11) is -7.35. The van der Waals surface area contributed by atoms with Crippen LogP contribution in [0.15, 0.2) is 130 Å². The molecule has 192 valence electrons. The Morgan fingerprint density at radius 2 is 0.816 bits per heavy atom. The molecule has 10 heteroatoms. The molecule has 0 aliphatic rings. The molecule has 0 aliphatic heterocycles. The van der Waals surface area contributed by atoms with Gasteiger partial charge < -0.3 is 0 Å². The summed E-state index contributed by atoms with van der Waals surface area (Å²) in [6.07, 6.45) is 3.03. The molecule has 4 aromatic rings. The van der Waals surface area contributed by atoms with Crippen LogP contribution < -0.4 is 9.44 Å². The minimum Gasteiger partial charge on any atom is -0.280 e. The number of sulfonamides is 2. The van der Waals surface area contributed by atoms with E-state index in [2.05, 4.69) is 19.7 Å². The zero-order valence-corrected chi connectivity index (χ0v) is 21.7. The Balaban J connectivity index is 1.33. The van der Waals surface area contributed by atoms with Gasteiger partial charge in [-0.25, -0.2) is 16.8 Å². The third-order valence-corrected chi connectivity index (χ3v) is 7.04. The molecule has 0 aliphatic carbocycles. The second-order valence-electron chi connectivity index (χ2n) is 8.01. The number of hydrogen-bond acceptors (Lipinski definition) is 6. The highest BCUT2D eigenvalue weighted by molar-refractivity contribution is 7.96. The monoisotopic (exact) mass is 544 g/mol. The van der Waals surface area contributed by atoms with Gasteiger partial charge in [0.2, 0.25) is 0 Å². The summed E-state index contributed by atoms with van der Waals surface area (Å²) >= 11 is 0. The molecule has 0 heterocycles. The van der Waals surface area contributed by atoms with E-state index in [9.17, 15) is 16.8 Å². The first-order valence-corrected chi connectivity index (χ1v) is 14.5. The average molecular weight is 545 g/mol. The van der Waals surface area contributed by atoms with Crippen LogP contribution in [0.3, 0.4) is 0 Å². The SMILES string of the molecule is O=S(=O)(C=Cc1ccccc1)Nc1ccc(N=Nc2ccc(NS(=O)(=O)C=Cc3ccccc3)cc2)cc1. The second kappa shape index (κ2) is 12.1. The summed E-state index contributed by atoms with van der Waals surface area (Å²) in [6.45, 7) is 0. The van der Waals surface area contributed by atoms with Crippen LogP contribution in [0.2, 0.25) is 0 Å². The van der Waals surface area contributed by atoms with Gasteiger partial charge >= 0.3 is 0 Å². The van der Waals surface area contributed by atoms with Crippen LogP contribution in [0.5, 0.6) is 0 Å². The van der Waals surface area contributed by atoms with Crippen LogP contribution in [-0.4, -0.2) is 16.8 Å². The van der Waals surface area contributed by atoms with Gasteiger partial charge in [-0.3, -0.25) is 9.44 Å². The number of hydrogen-bond donors (Lipinski definition) is 2. The first kappa shape index (κ1) is 26.5. The first-order chi connectivity index (χ1) is 18.3. The fourth-order valence-corrected chi connectivity index (χ4v) is 4.91. The third-order valence-electron chi connectivity index (χ3n) is 5.01. The van der Waals surface area contributed by atoms with Crippen LogP contribution in [-0.2, 0) is 20.0 Å². The first-order valence-electron chi connectivity index (χ1n) is 11.4. The molecule has 0 saturated heterocycles. The molecule has 0 aromatic heterocycles. The van der Waals surface area contributed by atoms with E-state index in [1.807, 2.05) is 60.7 Å². The van der Waals surface area contributed by atoms with E-state index in [0.717, 1.165) is 21.9 Å². The Morgan fingerprint density at radius 1 is 0.474 bits per heavy atom. The Kier molecular flexibility index (Phi) is 8.47. The molecule has 0 spiro atoms. The highest BCUT2D eigenvalue weighted by Crippen LogP contribution is 2.23. The van der Waals surface area contributed by atoms with Gasteiger partial charge in [-0.05, 0) is 71.8 Å². The van der Waals surface area contributed by atoms with Crippen molar-refractivity contribution in [2.45, 2.75) is 0 Å². The number of rotatable bonds is 10. The predicted octanol–water partition coefficient (Wildman–Crippen LogP) is 6.93. The summed E-state index contributed by atoms with van der Waals surface area (Å²) in [5.41, 5.74) is 3.37. The molecular formula is C28H24N4O4S2. The van der Waals surface area contributed by atoms with E-state index in [1.54, 1.807) is 48.5 Å². The third kappa shape index (κ3) is 8.54. The number of anilines is 2. The van der Waals surface area contributed by atoms with Crippen molar-refractivity contribution in [1.82, 2.24) is 0 Å². The second-order valence-corrected chi connectivity index (χ2v) is 11.1. The fraction of sp³-hybridized carbons (Fsp3) is 0. The average Bonchev–Trinajstić information content (AvgIpc) is 2.92. The van der Waals surface area contributed by atoms with Crippen molar-refractivity contribution < 1.29 is 16.8 Å². The molecule has 0 unspecified atom stereocenters. The molecule has 0 amide bonds. The normalized spacial score (nSPS) is 12.3. The van der Waals surface area contributed by atoms with Crippen LogP contribution in [0.1, 0.15) is 11.1 Å². The minimum absolute atomic E-state index is 0.389. The lowest BCUT2D eigenvalue weighted by atomic mass is 10.2. The van der Waals surface area contributed by atoms with E-state index in [0.29, 0.717) is 22.7 Å². The molecule has 0 bridgehead atoms. The number of azo groups is 1. The predicted molar refractivity (Wildman–Crippen MR) is 153 cm³/mol. The Labute approximate surface area is 222 Å². The standard InChI is InChI=1S/C28H24N4O4S2/c33-37(34,21-19-23-7-3-1-4-8-23)31-27-15-11-25(12-16-27)29-30-26-13-17-28(18-14-26)32-38(35,36)22-20-24-9-5-2-6-10-24/h1-22,31-32H. The Bertz CT molecular complexity index is 1520. The van der Waals surface area contributed by atoms with Crippen molar-refractivity contribution in [3.05, 3.63) is 131 Å². The van der Waals surface area contributed by atoms with Crippen molar-refractivity contribution in [3.8, 4) is 0 Å². The number of nitrogens with zero attached hydrogens (tertiary/aromatic N) is 2. The van der Waals surface area contributed by atoms with Gasteiger partial charge in [0.15, 0.2) is 0 Å². The maximum Gasteiger partial charge on any atom is 0.255 e. The molecule has 0 saturated carbocycles. The lowest BCUT2D eigenvalue weighted by Gasteiger charge is -2.05.